The summed E-state index contributed by atoms with van der Waals surface area (Å²) < 4.78 is 4.94. The second-order valence-corrected chi connectivity index (χ2v) is 3.01. The lowest BCUT2D eigenvalue weighted by Gasteiger charge is -1.94. The van der Waals surface area contributed by atoms with Crippen LogP contribution in [0.15, 0.2) is 4.52 Å². The van der Waals surface area contributed by atoms with Crippen LogP contribution in [0.5, 0.6) is 0 Å². The first-order valence-corrected chi connectivity index (χ1v) is 4.27. The topological polar surface area (TPSA) is 79.5 Å². The highest BCUT2D eigenvalue weighted by molar-refractivity contribution is 6.25. The molecule has 5 nitrogen and oxygen atoms in total. The summed E-state index contributed by atoms with van der Waals surface area (Å²) in [6, 6.07) is 0. The number of hydrogen-bond acceptors (Lipinski definition) is 3. The van der Waals surface area contributed by atoms with Crippen LogP contribution in [0.4, 0.5) is 0 Å². The van der Waals surface area contributed by atoms with Crippen molar-refractivity contribution >= 4 is 12.0 Å². The lowest BCUT2D eigenvalue weighted by Crippen LogP contribution is -2.02. The van der Waals surface area contributed by atoms with Crippen LogP contribution in [0.1, 0.15) is 23.4 Å². The number of nitrogens with zero attached hydrogens (tertiary/aromatic N) is 3. The summed E-state index contributed by atoms with van der Waals surface area (Å²) in [4.78, 5) is 13.7. The van der Waals surface area contributed by atoms with Gasteiger partial charge in [-0.05, 0) is 20.3 Å². The smallest absolute Gasteiger partial charge is 0.323 e. The quantitative estimate of drug-likeness (QED) is 0.408. The Labute approximate surface area is 81.3 Å². The molecule has 0 aliphatic carbocycles. The van der Waals surface area contributed by atoms with E-state index < -0.39 is 0 Å². The highest BCUT2D eigenvalue weighted by atomic mass is 16.5. The van der Waals surface area contributed by atoms with Crippen molar-refractivity contribution in [3.63, 3.8) is 0 Å². The number of aromatic nitrogens is 1. The molecule has 0 aliphatic rings. The molecule has 74 valence electrons. The van der Waals surface area contributed by atoms with Gasteiger partial charge in [0, 0.05) is 12.0 Å². The number of Topliss-reactive ketones (excluding diaryl/α,β-unsaturated/α-hetero) is 1. The van der Waals surface area contributed by atoms with Crippen molar-refractivity contribution < 1.29 is 14.1 Å². The molecule has 0 unspecified atom stereocenters. The van der Waals surface area contributed by atoms with Gasteiger partial charge in [0.25, 0.3) is 0 Å². The molecule has 0 saturated carbocycles. The van der Waals surface area contributed by atoms with Gasteiger partial charge in [0.05, 0.1) is 5.69 Å². The standard InChI is InChI=1S/C9H11N3O2/c1-6-9(7(2)14-12-6)4-3-8(13)5-11-10/h5H,3-4H2,1-2H3. The first kappa shape index (κ1) is 10.3. The van der Waals surface area contributed by atoms with Crippen molar-refractivity contribution in [3.8, 4) is 0 Å². The van der Waals surface area contributed by atoms with Gasteiger partial charge in [0.2, 0.25) is 5.78 Å². The minimum atomic E-state index is -0.215. The first-order chi connectivity index (χ1) is 6.65. The maximum atomic E-state index is 11.0. The molecule has 0 aliphatic heterocycles. The molecule has 14 heavy (non-hydrogen) atoms. The maximum absolute atomic E-state index is 11.0. The van der Waals surface area contributed by atoms with Gasteiger partial charge in [-0.2, -0.15) is 4.79 Å². The zero-order chi connectivity index (χ0) is 10.6. The lowest BCUT2D eigenvalue weighted by atomic mass is 10.1. The fraction of sp³-hybridized carbons (Fsp3) is 0.444. The van der Waals surface area contributed by atoms with E-state index in [4.69, 9.17) is 10.1 Å². The summed E-state index contributed by atoms with van der Waals surface area (Å²) in [7, 11) is 0. The predicted molar refractivity (Wildman–Crippen MR) is 49.0 cm³/mol. The van der Waals surface area contributed by atoms with Gasteiger partial charge in [-0.15, -0.1) is 0 Å². The highest BCUT2D eigenvalue weighted by Gasteiger charge is 2.11. The number of carbonyl (C=O) groups is 1. The van der Waals surface area contributed by atoms with E-state index in [9.17, 15) is 4.79 Å². The van der Waals surface area contributed by atoms with Crippen LogP contribution < -0.4 is 0 Å². The fourth-order valence-electron chi connectivity index (χ4n) is 1.24. The van der Waals surface area contributed by atoms with E-state index >= 15 is 0 Å². The molecule has 1 heterocycles. The van der Waals surface area contributed by atoms with E-state index in [0.29, 0.717) is 12.8 Å². The third kappa shape index (κ3) is 2.37. The molecule has 0 N–H and O–H groups in total. The number of aryl methyl sites for hydroxylation is 2. The third-order valence-corrected chi connectivity index (χ3v) is 2.00. The zero-order valence-electron chi connectivity index (χ0n) is 8.15. The van der Waals surface area contributed by atoms with Gasteiger partial charge >= 0.3 is 6.21 Å². The van der Waals surface area contributed by atoms with E-state index in [2.05, 4.69) is 9.95 Å². The highest BCUT2D eigenvalue weighted by Crippen LogP contribution is 2.13. The molecular formula is C9H11N3O2. The normalized spacial score (nSPS) is 9.57. The van der Waals surface area contributed by atoms with Crippen molar-refractivity contribution in [2.24, 2.45) is 0 Å². The average molecular weight is 193 g/mol. The van der Waals surface area contributed by atoms with E-state index in [1.54, 1.807) is 6.92 Å². The molecule has 1 aromatic rings. The molecule has 0 radical (unpaired) electrons. The molecule has 0 aromatic carbocycles. The van der Waals surface area contributed by atoms with E-state index in [1.807, 2.05) is 6.92 Å². The third-order valence-electron chi connectivity index (χ3n) is 2.00. The second kappa shape index (κ2) is 4.48. The molecule has 5 heteroatoms. The predicted octanol–water partition coefficient (Wildman–Crippen LogP) is 1.09. The van der Waals surface area contributed by atoms with Crippen LogP contribution in [0.3, 0.4) is 0 Å². The Morgan fingerprint density at radius 3 is 2.86 bits per heavy atom. The second-order valence-electron chi connectivity index (χ2n) is 3.01. The monoisotopic (exact) mass is 193 g/mol. The Morgan fingerprint density at radius 2 is 2.36 bits per heavy atom. The maximum Gasteiger partial charge on any atom is 0.323 e. The van der Waals surface area contributed by atoms with E-state index in [0.717, 1.165) is 23.2 Å². The molecule has 0 amide bonds. The Bertz CT molecular complexity index is 369. The fourth-order valence-corrected chi connectivity index (χ4v) is 1.24. The molecule has 0 fully saturated rings. The summed E-state index contributed by atoms with van der Waals surface area (Å²) in [5.41, 5.74) is 9.87. The average Bonchev–Trinajstić information content (AvgIpc) is 2.44. The van der Waals surface area contributed by atoms with Crippen molar-refractivity contribution in [2.75, 3.05) is 0 Å². The molecule has 1 aromatic heterocycles. The Kier molecular flexibility index (Phi) is 3.31. The SMILES string of the molecule is Cc1noc(C)c1CCC(=O)C=[N+]=[N-]. The van der Waals surface area contributed by atoms with Gasteiger partial charge < -0.3 is 10.1 Å². The lowest BCUT2D eigenvalue weighted by molar-refractivity contribution is -0.116. The summed E-state index contributed by atoms with van der Waals surface area (Å²) in [5.74, 6) is 0.517. The summed E-state index contributed by atoms with van der Waals surface area (Å²) >= 11 is 0. The summed E-state index contributed by atoms with van der Waals surface area (Å²) in [6.07, 6.45) is 1.76. The minimum absolute atomic E-state index is 0.215. The molecule has 0 spiro atoms. The van der Waals surface area contributed by atoms with Crippen LogP contribution in [-0.2, 0) is 11.2 Å². The molecule has 1 rings (SSSR count). The van der Waals surface area contributed by atoms with Gasteiger partial charge in [0.15, 0.2) is 0 Å². The Morgan fingerprint density at radius 1 is 1.64 bits per heavy atom. The van der Waals surface area contributed by atoms with Crippen LogP contribution in [0.25, 0.3) is 5.53 Å². The van der Waals surface area contributed by atoms with Gasteiger partial charge in [-0.3, -0.25) is 4.79 Å². The number of hydrogen-bond donors (Lipinski definition) is 0. The van der Waals surface area contributed by atoms with Gasteiger partial charge in [-0.25, -0.2) is 0 Å². The van der Waals surface area contributed by atoms with Crippen molar-refractivity contribution in [1.82, 2.24) is 5.16 Å². The van der Waals surface area contributed by atoms with E-state index in [-0.39, 0.29) is 5.78 Å². The molecule has 0 atom stereocenters. The number of carbonyl (C=O) groups excluding carboxylic acids is 1. The zero-order valence-corrected chi connectivity index (χ0v) is 8.15. The number of rotatable bonds is 4. The van der Waals surface area contributed by atoms with Crippen LogP contribution in [-0.4, -0.2) is 21.9 Å². The van der Waals surface area contributed by atoms with Gasteiger partial charge in [-0.1, -0.05) is 5.16 Å². The summed E-state index contributed by atoms with van der Waals surface area (Å²) in [6.45, 7) is 3.64. The van der Waals surface area contributed by atoms with Crippen LogP contribution in [0, 0.1) is 13.8 Å². The largest absolute Gasteiger partial charge is 0.361 e. The molecular weight excluding hydrogens is 182 g/mol. The van der Waals surface area contributed by atoms with Crippen molar-refractivity contribution in [3.05, 3.63) is 22.5 Å². The molecule has 0 bridgehead atoms. The van der Waals surface area contributed by atoms with Crippen LogP contribution >= 0.6 is 0 Å². The first-order valence-electron chi connectivity index (χ1n) is 4.27. The Balaban J connectivity index is 2.62. The Hall–Kier alpha value is -1.74. The van der Waals surface area contributed by atoms with E-state index in [1.165, 1.54) is 0 Å². The minimum Gasteiger partial charge on any atom is -0.361 e. The molecule has 0 saturated heterocycles. The number of ketones is 1. The van der Waals surface area contributed by atoms with Gasteiger partial charge in [0.1, 0.15) is 5.76 Å². The van der Waals surface area contributed by atoms with Crippen molar-refractivity contribution in [2.45, 2.75) is 26.7 Å². The summed E-state index contributed by atoms with van der Waals surface area (Å²) in [5, 5.41) is 3.77. The van der Waals surface area contributed by atoms with Crippen LogP contribution in [0.2, 0.25) is 0 Å². The van der Waals surface area contributed by atoms with Crippen molar-refractivity contribution in [1.29, 1.82) is 0 Å².